The number of imidazole rings is 1. The molecule has 2 aliphatic rings. The Bertz CT molecular complexity index is 1260. The lowest BCUT2D eigenvalue weighted by atomic mass is 9.94. The molecule has 3 aromatic rings. The van der Waals surface area contributed by atoms with Gasteiger partial charge in [-0.25, -0.2) is 4.79 Å². The second-order valence-electron chi connectivity index (χ2n) is 8.93. The van der Waals surface area contributed by atoms with Crippen LogP contribution in [0.25, 0.3) is 16.7 Å². The van der Waals surface area contributed by atoms with Crippen molar-refractivity contribution in [3.63, 3.8) is 0 Å². The Kier molecular flexibility index (Phi) is 5.68. The third-order valence-corrected chi connectivity index (χ3v) is 7.35. The minimum atomic E-state index is -2.95. The standard InChI is InChI=1S/C24H25F2N3O3S/c1-24(9-11-33-12-10-24)27-21(30)15-5-8-19-20(13-15)28(16-6-7-16)23(31)29(19)17-3-2-4-18(14-17)32-22(25)26/h2-5,8,13-14,16,22H,6-7,9-12H2,1H3,(H,27,30). The number of carbonyl (C=O) groups excluding carboxylic acids is 1. The summed E-state index contributed by atoms with van der Waals surface area (Å²) in [7, 11) is 0. The highest BCUT2D eigenvalue weighted by atomic mass is 32.2. The largest absolute Gasteiger partial charge is 0.435 e. The molecule has 6 nitrogen and oxygen atoms in total. The number of benzene rings is 2. The van der Waals surface area contributed by atoms with Gasteiger partial charge in [-0.05, 0) is 74.4 Å². The zero-order chi connectivity index (χ0) is 23.2. The van der Waals surface area contributed by atoms with Gasteiger partial charge in [0.05, 0.1) is 16.7 Å². The fraction of sp³-hybridized carbons (Fsp3) is 0.417. The van der Waals surface area contributed by atoms with Gasteiger partial charge in [-0.15, -0.1) is 0 Å². The molecular formula is C24H25F2N3O3S. The fourth-order valence-corrected chi connectivity index (χ4v) is 5.78. The average molecular weight is 474 g/mol. The minimum absolute atomic E-state index is 0.0170. The molecule has 1 amide bonds. The summed E-state index contributed by atoms with van der Waals surface area (Å²) in [5.74, 6) is 1.88. The maximum absolute atomic E-state index is 13.4. The number of nitrogens with zero attached hydrogens (tertiary/aromatic N) is 2. The third kappa shape index (κ3) is 4.38. The maximum Gasteiger partial charge on any atom is 0.387 e. The van der Waals surface area contributed by atoms with Crippen LogP contribution in [0.2, 0.25) is 0 Å². The van der Waals surface area contributed by atoms with Crippen molar-refractivity contribution in [1.29, 1.82) is 0 Å². The van der Waals surface area contributed by atoms with Crippen molar-refractivity contribution in [2.24, 2.45) is 0 Å². The first kappa shape index (κ1) is 22.0. The van der Waals surface area contributed by atoms with Crippen LogP contribution in [0.4, 0.5) is 8.78 Å². The van der Waals surface area contributed by atoms with Crippen molar-refractivity contribution in [2.45, 2.75) is 50.8 Å². The molecule has 2 fully saturated rings. The molecule has 1 saturated carbocycles. The molecule has 9 heteroatoms. The predicted octanol–water partition coefficient (Wildman–Crippen LogP) is 4.74. The SMILES string of the molecule is CC1(NC(=O)c2ccc3c(c2)n(C2CC2)c(=O)n3-c2cccc(OC(F)F)c2)CCSCC1. The molecule has 1 aromatic heterocycles. The van der Waals surface area contributed by atoms with Crippen molar-refractivity contribution in [3.8, 4) is 11.4 Å². The number of nitrogens with one attached hydrogen (secondary N) is 1. The van der Waals surface area contributed by atoms with Crippen molar-refractivity contribution < 1.29 is 18.3 Å². The number of fused-ring (bicyclic) bond motifs is 1. The quantitative estimate of drug-likeness (QED) is 0.562. The summed E-state index contributed by atoms with van der Waals surface area (Å²) in [4.78, 5) is 26.5. The fourth-order valence-electron chi connectivity index (χ4n) is 4.39. The van der Waals surface area contributed by atoms with E-state index in [4.69, 9.17) is 0 Å². The number of amides is 1. The van der Waals surface area contributed by atoms with E-state index in [9.17, 15) is 18.4 Å². The Morgan fingerprint density at radius 3 is 2.61 bits per heavy atom. The van der Waals surface area contributed by atoms with E-state index in [0.29, 0.717) is 22.3 Å². The highest BCUT2D eigenvalue weighted by Gasteiger charge is 2.31. The van der Waals surface area contributed by atoms with Crippen LogP contribution in [0.5, 0.6) is 5.75 Å². The Balaban J connectivity index is 1.55. The number of alkyl halides is 2. The summed E-state index contributed by atoms with van der Waals surface area (Å²) in [6.45, 7) is -0.871. The molecule has 5 rings (SSSR count). The van der Waals surface area contributed by atoms with Gasteiger partial charge in [0, 0.05) is 23.2 Å². The molecule has 2 heterocycles. The van der Waals surface area contributed by atoms with E-state index in [-0.39, 0.29) is 28.9 Å². The molecule has 0 unspecified atom stereocenters. The normalized spacial score (nSPS) is 17.9. The van der Waals surface area contributed by atoms with Gasteiger partial charge in [-0.2, -0.15) is 20.5 Å². The highest BCUT2D eigenvalue weighted by Crippen LogP contribution is 2.37. The zero-order valence-corrected chi connectivity index (χ0v) is 19.0. The lowest BCUT2D eigenvalue weighted by molar-refractivity contribution is -0.0498. The first-order valence-corrected chi connectivity index (χ1v) is 12.2. The van der Waals surface area contributed by atoms with Gasteiger partial charge in [0.25, 0.3) is 5.91 Å². The molecule has 1 aliphatic heterocycles. The smallest absolute Gasteiger partial charge is 0.387 e. The van der Waals surface area contributed by atoms with Crippen LogP contribution in [-0.4, -0.2) is 38.7 Å². The molecule has 0 atom stereocenters. The van der Waals surface area contributed by atoms with Crippen LogP contribution >= 0.6 is 11.8 Å². The van der Waals surface area contributed by atoms with Crippen molar-refractivity contribution in [3.05, 3.63) is 58.5 Å². The van der Waals surface area contributed by atoms with Crippen LogP contribution in [0, 0.1) is 0 Å². The first-order valence-electron chi connectivity index (χ1n) is 11.1. The number of thioether (sulfide) groups is 1. The van der Waals surface area contributed by atoms with E-state index in [2.05, 4.69) is 17.0 Å². The predicted molar refractivity (Wildman–Crippen MR) is 125 cm³/mol. The Morgan fingerprint density at radius 1 is 1.15 bits per heavy atom. The average Bonchev–Trinajstić information content (AvgIpc) is 3.55. The van der Waals surface area contributed by atoms with Gasteiger partial charge >= 0.3 is 12.3 Å². The van der Waals surface area contributed by atoms with Crippen molar-refractivity contribution >= 4 is 28.7 Å². The molecule has 0 radical (unpaired) electrons. The van der Waals surface area contributed by atoms with E-state index in [1.807, 2.05) is 11.8 Å². The number of rotatable bonds is 6. The van der Waals surface area contributed by atoms with E-state index in [1.54, 1.807) is 34.9 Å². The molecule has 1 saturated heterocycles. The molecule has 1 aliphatic carbocycles. The van der Waals surface area contributed by atoms with Crippen molar-refractivity contribution in [2.75, 3.05) is 11.5 Å². The summed E-state index contributed by atoms with van der Waals surface area (Å²) >= 11 is 1.90. The molecule has 174 valence electrons. The van der Waals surface area contributed by atoms with E-state index < -0.39 is 6.61 Å². The number of halogens is 2. The topological polar surface area (TPSA) is 65.3 Å². The van der Waals surface area contributed by atoms with Gasteiger partial charge < -0.3 is 10.1 Å². The molecule has 33 heavy (non-hydrogen) atoms. The number of carbonyl (C=O) groups is 1. The highest BCUT2D eigenvalue weighted by molar-refractivity contribution is 7.99. The third-order valence-electron chi connectivity index (χ3n) is 6.36. The molecular weight excluding hydrogens is 448 g/mol. The van der Waals surface area contributed by atoms with E-state index >= 15 is 0 Å². The minimum Gasteiger partial charge on any atom is -0.435 e. The van der Waals surface area contributed by atoms with E-state index in [0.717, 1.165) is 37.2 Å². The molecule has 0 spiro atoms. The number of ether oxygens (including phenoxy) is 1. The monoisotopic (exact) mass is 473 g/mol. The van der Waals surface area contributed by atoms with Crippen LogP contribution in [0.15, 0.2) is 47.3 Å². The Morgan fingerprint density at radius 2 is 1.91 bits per heavy atom. The second kappa shape index (κ2) is 8.52. The van der Waals surface area contributed by atoms with Gasteiger partial charge in [0.15, 0.2) is 0 Å². The summed E-state index contributed by atoms with van der Waals surface area (Å²) in [6, 6.07) is 11.4. The van der Waals surface area contributed by atoms with Gasteiger partial charge in [-0.3, -0.25) is 13.9 Å². The van der Waals surface area contributed by atoms with Crippen LogP contribution in [0.3, 0.4) is 0 Å². The lowest BCUT2D eigenvalue weighted by Crippen LogP contribution is -2.48. The number of aromatic nitrogens is 2. The summed E-state index contributed by atoms with van der Waals surface area (Å²) < 4.78 is 33.1. The molecule has 0 bridgehead atoms. The van der Waals surface area contributed by atoms with Gasteiger partial charge in [-0.1, -0.05) is 6.07 Å². The second-order valence-corrected chi connectivity index (χ2v) is 10.2. The summed E-state index contributed by atoms with van der Waals surface area (Å²) in [5.41, 5.74) is 1.74. The van der Waals surface area contributed by atoms with Crippen molar-refractivity contribution in [1.82, 2.24) is 14.5 Å². The van der Waals surface area contributed by atoms with Gasteiger partial charge in [0.1, 0.15) is 5.75 Å². The maximum atomic E-state index is 13.4. The Labute approximate surface area is 193 Å². The summed E-state index contributed by atoms with van der Waals surface area (Å²) in [6.07, 6.45) is 3.62. The molecule has 1 N–H and O–H groups in total. The number of hydrogen-bond donors (Lipinski definition) is 1. The number of hydrogen-bond acceptors (Lipinski definition) is 4. The van der Waals surface area contributed by atoms with Crippen LogP contribution in [0.1, 0.15) is 49.0 Å². The first-order chi connectivity index (χ1) is 15.8. The zero-order valence-electron chi connectivity index (χ0n) is 18.2. The van der Waals surface area contributed by atoms with Gasteiger partial charge in [0.2, 0.25) is 0 Å². The molecule has 2 aromatic carbocycles. The summed E-state index contributed by atoms with van der Waals surface area (Å²) in [5, 5.41) is 3.19. The lowest BCUT2D eigenvalue weighted by Gasteiger charge is -2.34. The van der Waals surface area contributed by atoms with Crippen LogP contribution in [-0.2, 0) is 0 Å². The van der Waals surface area contributed by atoms with E-state index in [1.165, 1.54) is 16.7 Å². The van der Waals surface area contributed by atoms with Crippen LogP contribution < -0.4 is 15.7 Å². The Hall–Kier alpha value is -2.81.